The van der Waals surface area contributed by atoms with Crippen molar-refractivity contribution >= 4 is 40.9 Å². The van der Waals surface area contributed by atoms with Crippen LogP contribution in [0.15, 0.2) is 47.4 Å². The monoisotopic (exact) mass is 386 g/mol. The van der Waals surface area contributed by atoms with Gasteiger partial charge in [0.25, 0.3) is 5.91 Å². The van der Waals surface area contributed by atoms with Crippen LogP contribution in [-0.4, -0.2) is 30.1 Å². The zero-order valence-corrected chi connectivity index (χ0v) is 16.3. The average Bonchev–Trinajstić information content (AvgIpc) is 2.60. The SMILES string of the molecule is CC(=O)Nc1cccc(NC(=O)COC(=O)CSc2ccc(C)c(C)c2)c1. The van der Waals surface area contributed by atoms with E-state index in [1.165, 1.54) is 24.2 Å². The highest BCUT2D eigenvalue weighted by Gasteiger charge is 2.09. The summed E-state index contributed by atoms with van der Waals surface area (Å²) in [5.74, 6) is -0.970. The lowest BCUT2D eigenvalue weighted by atomic mass is 10.1. The Labute approximate surface area is 162 Å². The third-order valence-electron chi connectivity index (χ3n) is 3.67. The van der Waals surface area contributed by atoms with Crippen LogP contribution >= 0.6 is 11.8 Å². The average molecular weight is 386 g/mol. The van der Waals surface area contributed by atoms with E-state index in [0.29, 0.717) is 11.4 Å². The van der Waals surface area contributed by atoms with Crippen LogP contribution in [-0.2, 0) is 19.1 Å². The fourth-order valence-electron chi connectivity index (χ4n) is 2.21. The zero-order chi connectivity index (χ0) is 19.8. The first-order chi connectivity index (χ1) is 12.8. The van der Waals surface area contributed by atoms with E-state index in [2.05, 4.69) is 10.6 Å². The van der Waals surface area contributed by atoms with Gasteiger partial charge < -0.3 is 15.4 Å². The Bertz CT molecular complexity index is 852. The summed E-state index contributed by atoms with van der Waals surface area (Å²) >= 11 is 1.37. The highest BCUT2D eigenvalue weighted by molar-refractivity contribution is 8.00. The number of amides is 2. The maximum absolute atomic E-state index is 11.9. The highest BCUT2D eigenvalue weighted by atomic mass is 32.2. The number of rotatable bonds is 7. The molecular formula is C20H22N2O4S. The molecule has 0 spiro atoms. The Morgan fingerprint density at radius 1 is 0.963 bits per heavy atom. The lowest BCUT2D eigenvalue weighted by Crippen LogP contribution is -2.21. The van der Waals surface area contributed by atoms with E-state index in [1.807, 2.05) is 32.0 Å². The van der Waals surface area contributed by atoms with E-state index in [9.17, 15) is 14.4 Å². The summed E-state index contributed by atoms with van der Waals surface area (Å²) in [7, 11) is 0. The molecule has 2 aromatic rings. The number of anilines is 2. The minimum absolute atomic E-state index is 0.133. The summed E-state index contributed by atoms with van der Waals surface area (Å²) in [6, 6.07) is 12.7. The van der Waals surface area contributed by atoms with Crippen LogP contribution in [0.5, 0.6) is 0 Å². The Morgan fingerprint density at radius 2 is 1.67 bits per heavy atom. The van der Waals surface area contributed by atoms with Gasteiger partial charge in [-0.3, -0.25) is 14.4 Å². The van der Waals surface area contributed by atoms with Crippen molar-refractivity contribution in [3.05, 3.63) is 53.6 Å². The number of ether oxygens (including phenoxy) is 1. The van der Waals surface area contributed by atoms with Gasteiger partial charge >= 0.3 is 5.97 Å². The molecule has 0 saturated carbocycles. The third kappa shape index (κ3) is 7.15. The number of thioether (sulfide) groups is 1. The first-order valence-corrected chi connectivity index (χ1v) is 9.35. The van der Waals surface area contributed by atoms with E-state index in [4.69, 9.17) is 4.74 Å². The second-order valence-electron chi connectivity index (χ2n) is 6.01. The molecule has 2 N–H and O–H groups in total. The predicted molar refractivity (Wildman–Crippen MR) is 107 cm³/mol. The Morgan fingerprint density at radius 3 is 2.33 bits per heavy atom. The van der Waals surface area contributed by atoms with Crippen LogP contribution in [0.25, 0.3) is 0 Å². The number of carbonyl (C=O) groups excluding carboxylic acids is 3. The van der Waals surface area contributed by atoms with Gasteiger partial charge in [0.05, 0.1) is 5.75 Å². The number of aryl methyl sites for hydroxylation is 2. The highest BCUT2D eigenvalue weighted by Crippen LogP contribution is 2.21. The number of hydrogen-bond donors (Lipinski definition) is 2. The van der Waals surface area contributed by atoms with E-state index >= 15 is 0 Å². The topological polar surface area (TPSA) is 84.5 Å². The van der Waals surface area contributed by atoms with Crippen molar-refractivity contribution in [1.29, 1.82) is 0 Å². The molecule has 0 aliphatic rings. The van der Waals surface area contributed by atoms with Gasteiger partial charge in [-0.25, -0.2) is 0 Å². The molecule has 0 unspecified atom stereocenters. The molecule has 2 rings (SSSR count). The van der Waals surface area contributed by atoms with Crippen LogP contribution in [0, 0.1) is 13.8 Å². The molecule has 0 aliphatic heterocycles. The van der Waals surface area contributed by atoms with Gasteiger partial charge in [-0.1, -0.05) is 12.1 Å². The fraction of sp³-hybridized carbons (Fsp3) is 0.250. The largest absolute Gasteiger partial charge is 0.455 e. The second-order valence-corrected chi connectivity index (χ2v) is 7.05. The summed E-state index contributed by atoms with van der Waals surface area (Å²) in [4.78, 5) is 35.8. The summed E-state index contributed by atoms with van der Waals surface area (Å²) in [5, 5.41) is 5.25. The number of nitrogens with one attached hydrogen (secondary N) is 2. The molecule has 27 heavy (non-hydrogen) atoms. The van der Waals surface area contributed by atoms with Gasteiger partial charge in [0.2, 0.25) is 5.91 Å². The van der Waals surface area contributed by atoms with Gasteiger partial charge in [-0.15, -0.1) is 11.8 Å². The predicted octanol–water partition coefficient (Wildman–Crippen LogP) is 3.54. The summed E-state index contributed by atoms with van der Waals surface area (Å²) in [5.41, 5.74) is 3.43. The first kappa shape index (κ1) is 20.5. The fourth-order valence-corrected chi connectivity index (χ4v) is 3.00. The van der Waals surface area contributed by atoms with E-state index < -0.39 is 11.9 Å². The molecular weight excluding hydrogens is 364 g/mol. The summed E-state index contributed by atoms with van der Waals surface area (Å²) in [6.45, 7) is 5.09. The molecule has 2 amide bonds. The molecule has 0 radical (unpaired) electrons. The van der Waals surface area contributed by atoms with Crippen molar-refractivity contribution in [3.8, 4) is 0 Å². The lowest BCUT2D eigenvalue weighted by Gasteiger charge is -2.09. The quantitative estimate of drug-likeness (QED) is 0.562. The van der Waals surface area contributed by atoms with Gasteiger partial charge in [0.1, 0.15) is 0 Å². The minimum atomic E-state index is -0.458. The van der Waals surface area contributed by atoms with Crippen LogP contribution in [0.1, 0.15) is 18.1 Å². The molecule has 0 heterocycles. The standard InChI is InChI=1S/C20H22N2O4S/c1-13-7-8-18(9-14(13)2)27-12-20(25)26-11-19(24)22-17-6-4-5-16(10-17)21-15(3)23/h4-10H,11-12H2,1-3H3,(H,21,23)(H,22,24). The van der Waals surface area contributed by atoms with Crippen LogP contribution in [0.2, 0.25) is 0 Å². The maximum Gasteiger partial charge on any atom is 0.316 e. The van der Waals surface area contributed by atoms with E-state index in [-0.39, 0.29) is 18.3 Å². The van der Waals surface area contributed by atoms with Crippen molar-refractivity contribution in [3.63, 3.8) is 0 Å². The maximum atomic E-state index is 11.9. The zero-order valence-electron chi connectivity index (χ0n) is 15.5. The molecule has 142 valence electrons. The molecule has 0 bridgehead atoms. The van der Waals surface area contributed by atoms with Gasteiger partial charge in [0.15, 0.2) is 6.61 Å². The summed E-state index contributed by atoms with van der Waals surface area (Å²) < 4.78 is 5.00. The van der Waals surface area contributed by atoms with Crippen molar-refractivity contribution < 1.29 is 19.1 Å². The number of esters is 1. The van der Waals surface area contributed by atoms with Crippen molar-refractivity contribution in [2.45, 2.75) is 25.7 Å². The van der Waals surface area contributed by atoms with Gasteiger partial charge in [-0.05, 0) is 55.3 Å². The van der Waals surface area contributed by atoms with Crippen molar-refractivity contribution in [2.75, 3.05) is 23.0 Å². The molecule has 7 heteroatoms. The molecule has 0 saturated heterocycles. The molecule has 0 aliphatic carbocycles. The van der Waals surface area contributed by atoms with Crippen molar-refractivity contribution in [1.82, 2.24) is 0 Å². The Kier molecular flexibility index (Phi) is 7.43. The van der Waals surface area contributed by atoms with E-state index in [1.54, 1.807) is 24.3 Å². The number of carbonyl (C=O) groups is 3. The smallest absolute Gasteiger partial charge is 0.316 e. The first-order valence-electron chi connectivity index (χ1n) is 8.36. The number of benzene rings is 2. The van der Waals surface area contributed by atoms with Crippen molar-refractivity contribution in [2.24, 2.45) is 0 Å². The van der Waals surface area contributed by atoms with Crippen LogP contribution in [0.4, 0.5) is 11.4 Å². The minimum Gasteiger partial charge on any atom is -0.455 e. The van der Waals surface area contributed by atoms with Gasteiger partial charge in [0, 0.05) is 23.2 Å². The molecule has 0 fully saturated rings. The molecule has 0 atom stereocenters. The summed E-state index contributed by atoms with van der Waals surface area (Å²) in [6.07, 6.45) is 0. The third-order valence-corrected chi connectivity index (χ3v) is 4.63. The molecule has 2 aromatic carbocycles. The second kappa shape index (κ2) is 9.78. The van der Waals surface area contributed by atoms with Gasteiger partial charge in [-0.2, -0.15) is 0 Å². The Balaban J connectivity index is 1.77. The lowest BCUT2D eigenvalue weighted by molar-refractivity contribution is -0.144. The van der Waals surface area contributed by atoms with Crippen LogP contribution in [0.3, 0.4) is 0 Å². The number of hydrogen-bond acceptors (Lipinski definition) is 5. The van der Waals surface area contributed by atoms with E-state index in [0.717, 1.165) is 10.5 Å². The Hall–Kier alpha value is -2.80. The van der Waals surface area contributed by atoms with Crippen LogP contribution < -0.4 is 10.6 Å². The normalized spacial score (nSPS) is 10.2. The molecule has 0 aromatic heterocycles. The molecule has 6 nitrogen and oxygen atoms in total.